The van der Waals surface area contributed by atoms with E-state index < -0.39 is 0 Å². The maximum absolute atomic E-state index is 11.8. The Morgan fingerprint density at radius 3 is 3.18 bits per heavy atom. The van der Waals surface area contributed by atoms with E-state index >= 15 is 0 Å². The molecule has 5 nitrogen and oxygen atoms in total. The van der Waals surface area contributed by atoms with Crippen LogP contribution >= 0.6 is 0 Å². The van der Waals surface area contributed by atoms with E-state index in [9.17, 15) is 4.79 Å². The van der Waals surface area contributed by atoms with Crippen LogP contribution in [-0.4, -0.2) is 22.6 Å². The van der Waals surface area contributed by atoms with Gasteiger partial charge in [0.2, 0.25) is 0 Å². The zero-order valence-electron chi connectivity index (χ0n) is 9.16. The number of aromatic amines is 1. The highest BCUT2D eigenvalue weighted by Crippen LogP contribution is 2.25. The number of hydrogen-bond acceptors (Lipinski definition) is 3. The molecule has 0 radical (unpaired) electrons. The van der Waals surface area contributed by atoms with E-state index in [1.807, 2.05) is 18.2 Å². The lowest BCUT2D eigenvalue weighted by atomic mass is 10.1. The molecule has 1 aromatic heterocycles. The first-order chi connectivity index (χ1) is 8.33. The number of benzene rings is 1. The molecule has 3 rings (SSSR count). The van der Waals surface area contributed by atoms with Crippen molar-refractivity contribution in [2.75, 3.05) is 17.2 Å². The van der Waals surface area contributed by atoms with Crippen molar-refractivity contribution in [1.29, 1.82) is 0 Å². The summed E-state index contributed by atoms with van der Waals surface area (Å²) < 4.78 is 0. The second-order valence-electron chi connectivity index (χ2n) is 3.99. The zero-order valence-corrected chi connectivity index (χ0v) is 9.16. The molecule has 1 aliphatic rings. The molecule has 1 aliphatic heterocycles. The molecule has 3 N–H and O–H groups in total. The summed E-state index contributed by atoms with van der Waals surface area (Å²) >= 11 is 0. The summed E-state index contributed by atoms with van der Waals surface area (Å²) in [5.74, 6) is -0.148. The Bertz CT molecular complexity index is 548. The van der Waals surface area contributed by atoms with E-state index in [2.05, 4.69) is 20.8 Å². The summed E-state index contributed by atoms with van der Waals surface area (Å²) in [6.45, 7) is 0.967. The Morgan fingerprint density at radius 2 is 2.35 bits per heavy atom. The Morgan fingerprint density at radius 1 is 1.41 bits per heavy atom. The number of nitrogens with zero attached hydrogens (tertiary/aromatic N) is 1. The molecule has 1 amide bonds. The molecule has 17 heavy (non-hydrogen) atoms. The van der Waals surface area contributed by atoms with Gasteiger partial charge in [0.1, 0.15) is 0 Å². The highest BCUT2D eigenvalue weighted by atomic mass is 16.1. The normalized spacial score (nSPS) is 12.9. The van der Waals surface area contributed by atoms with Crippen molar-refractivity contribution in [1.82, 2.24) is 10.2 Å². The van der Waals surface area contributed by atoms with Crippen LogP contribution in [0.2, 0.25) is 0 Å². The molecule has 0 saturated heterocycles. The van der Waals surface area contributed by atoms with Crippen molar-refractivity contribution in [2.45, 2.75) is 6.42 Å². The number of carbonyl (C=O) groups excluding carboxylic acids is 1. The molecule has 0 spiro atoms. The molecule has 0 saturated carbocycles. The molecule has 2 aromatic rings. The van der Waals surface area contributed by atoms with Crippen LogP contribution in [0.4, 0.5) is 11.4 Å². The number of amides is 1. The number of fused-ring (bicyclic) bond motifs is 1. The second-order valence-corrected chi connectivity index (χ2v) is 3.99. The van der Waals surface area contributed by atoms with Gasteiger partial charge in [-0.25, -0.2) is 0 Å². The first kappa shape index (κ1) is 9.89. The molecule has 2 heterocycles. The molecule has 0 atom stereocenters. The lowest BCUT2D eigenvalue weighted by molar-refractivity contribution is 0.102. The predicted octanol–water partition coefficient (Wildman–Crippen LogP) is 1.63. The van der Waals surface area contributed by atoms with Gasteiger partial charge in [0.05, 0.1) is 11.8 Å². The van der Waals surface area contributed by atoms with Crippen LogP contribution in [0.1, 0.15) is 15.9 Å². The van der Waals surface area contributed by atoms with E-state index in [-0.39, 0.29) is 5.91 Å². The number of hydrogen-bond donors (Lipinski definition) is 3. The number of H-pyrrole nitrogens is 1. The standard InChI is InChI=1S/C12H12N4O/c17-12(9-6-14-15-7-9)16-10-1-2-11-8(5-10)3-4-13-11/h1-2,5-7,13H,3-4H2,(H,14,15)(H,16,17). The van der Waals surface area contributed by atoms with Gasteiger partial charge in [-0.1, -0.05) is 0 Å². The Kier molecular flexibility index (Phi) is 2.29. The van der Waals surface area contributed by atoms with E-state index in [4.69, 9.17) is 0 Å². The van der Waals surface area contributed by atoms with Crippen LogP contribution in [0, 0.1) is 0 Å². The third-order valence-electron chi connectivity index (χ3n) is 2.83. The Labute approximate surface area is 98.2 Å². The quantitative estimate of drug-likeness (QED) is 0.731. The minimum atomic E-state index is -0.148. The monoisotopic (exact) mass is 228 g/mol. The summed E-state index contributed by atoms with van der Waals surface area (Å²) in [5, 5.41) is 12.5. The van der Waals surface area contributed by atoms with Crippen LogP contribution in [0.5, 0.6) is 0 Å². The van der Waals surface area contributed by atoms with Gasteiger partial charge >= 0.3 is 0 Å². The van der Waals surface area contributed by atoms with E-state index in [1.165, 1.54) is 11.8 Å². The van der Waals surface area contributed by atoms with Crippen molar-refractivity contribution >= 4 is 17.3 Å². The average Bonchev–Trinajstić information content (AvgIpc) is 2.99. The third kappa shape index (κ3) is 1.87. The zero-order chi connectivity index (χ0) is 11.7. The summed E-state index contributed by atoms with van der Waals surface area (Å²) in [4.78, 5) is 11.8. The highest BCUT2D eigenvalue weighted by Gasteiger charge is 2.12. The van der Waals surface area contributed by atoms with Crippen LogP contribution < -0.4 is 10.6 Å². The van der Waals surface area contributed by atoms with Crippen LogP contribution in [0.15, 0.2) is 30.6 Å². The van der Waals surface area contributed by atoms with Crippen molar-refractivity contribution in [3.8, 4) is 0 Å². The minimum absolute atomic E-state index is 0.148. The largest absolute Gasteiger partial charge is 0.384 e. The SMILES string of the molecule is O=C(Nc1ccc2c(c1)CCN2)c1cn[nH]c1. The smallest absolute Gasteiger partial charge is 0.258 e. The van der Waals surface area contributed by atoms with E-state index in [0.29, 0.717) is 5.56 Å². The molecule has 0 unspecified atom stereocenters. The van der Waals surface area contributed by atoms with Gasteiger partial charge in [0.15, 0.2) is 0 Å². The van der Waals surface area contributed by atoms with Gasteiger partial charge in [-0.2, -0.15) is 5.10 Å². The number of aromatic nitrogens is 2. The van der Waals surface area contributed by atoms with E-state index in [1.54, 1.807) is 6.20 Å². The maximum Gasteiger partial charge on any atom is 0.258 e. The number of nitrogens with one attached hydrogen (secondary N) is 3. The third-order valence-corrected chi connectivity index (χ3v) is 2.83. The van der Waals surface area contributed by atoms with Crippen molar-refractivity contribution in [2.24, 2.45) is 0 Å². The summed E-state index contributed by atoms with van der Waals surface area (Å²) in [7, 11) is 0. The Balaban J connectivity index is 1.80. The summed E-state index contributed by atoms with van der Waals surface area (Å²) in [6, 6.07) is 5.90. The second kappa shape index (κ2) is 3.93. The fraction of sp³-hybridized carbons (Fsp3) is 0.167. The van der Waals surface area contributed by atoms with Crippen LogP contribution in [0.25, 0.3) is 0 Å². The number of rotatable bonds is 2. The predicted molar refractivity (Wildman–Crippen MR) is 65.2 cm³/mol. The van der Waals surface area contributed by atoms with Crippen molar-refractivity contribution in [3.05, 3.63) is 41.7 Å². The van der Waals surface area contributed by atoms with Gasteiger partial charge in [-0.05, 0) is 30.2 Å². The average molecular weight is 228 g/mol. The first-order valence-corrected chi connectivity index (χ1v) is 5.50. The number of carbonyl (C=O) groups is 1. The molecular weight excluding hydrogens is 216 g/mol. The molecule has 0 fully saturated rings. The topological polar surface area (TPSA) is 69.8 Å². The highest BCUT2D eigenvalue weighted by molar-refractivity contribution is 6.04. The number of anilines is 2. The molecule has 0 bridgehead atoms. The van der Waals surface area contributed by atoms with Gasteiger partial charge in [0.25, 0.3) is 5.91 Å². The lowest BCUT2D eigenvalue weighted by Crippen LogP contribution is -2.10. The van der Waals surface area contributed by atoms with Crippen molar-refractivity contribution in [3.63, 3.8) is 0 Å². The summed E-state index contributed by atoms with van der Waals surface area (Å²) in [6.07, 6.45) is 4.08. The fourth-order valence-corrected chi connectivity index (χ4v) is 1.96. The van der Waals surface area contributed by atoms with Gasteiger partial charge in [0, 0.05) is 24.1 Å². The molecule has 0 aliphatic carbocycles. The molecular formula is C12H12N4O. The first-order valence-electron chi connectivity index (χ1n) is 5.50. The van der Waals surface area contributed by atoms with Gasteiger partial charge in [-0.15, -0.1) is 0 Å². The fourth-order valence-electron chi connectivity index (χ4n) is 1.96. The van der Waals surface area contributed by atoms with Crippen LogP contribution in [0.3, 0.4) is 0 Å². The Hall–Kier alpha value is -2.30. The van der Waals surface area contributed by atoms with Crippen LogP contribution in [-0.2, 0) is 6.42 Å². The van der Waals surface area contributed by atoms with E-state index in [0.717, 1.165) is 24.3 Å². The van der Waals surface area contributed by atoms with Gasteiger partial charge < -0.3 is 10.6 Å². The molecule has 86 valence electrons. The van der Waals surface area contributed by atoms with Gasteiger partial charge in [-0.3, -0.25) is 9.89 Å². The molecule has 1 aromatic carbocycles. The van der Waals surface area contributed by atoms with Crippen molar-refractivity contribution < 1.29 is 4.79 Å². The minimum Gasteiger partial charge on any atom is -0.384 e. The molecule has 5 heteroatoms. The maximum atomic E-state index is 11.8. The summed E-state index contributed by atoms with van der Waals surface area (Å²) in [5.41, 5.74) is 3.75. The lowest BCUT2D eigenvalue weighted by Gasteiger charge is -2.06.